The summed E-state index contributed by atoms with van der Waals surface area (Å²) in [7, 11) is 0. The van der Waals surface area contributed by atoms with Crippen LogP contribution in [0.5, 0.6) is 11.5 Å². The van der Waals surface area contributed by atoms with Crippen molar-refractivity contribution in [3.05, 3.63) is 151 Å². The smallest absolute Gasteiger partial charge is 0.338 e. The predicted molar refractivity (Wildman–Crippen MR) is 204 cm³/mol. The number of thiazole rings is 1. The Morgan fingerprint density at radius 2 is 1.67 bits per heavy atom. The summed E-state index contributed by atoms with van der Waals surface area (Å²) in [5.74, 6) is 0.824. The van der Waals surface area contributed by atoms with Crippen molar-refractivity contribution in [2.45, 2.75) is 26.5 Å². The van der Waals surface area contributed by atoms with Crippen molar-refractivity contribution in [2.75, 3.05) is 13.2 Å². The van der Waals surface area contributed by atoms with E-state index in [-0.39, 0.29) is 12.2 Å². The summed E-state index contributed by atoms with van der Waals surface area (Å²) in [5.41, 5.74) is 3.71. The van der Waals surface area contributed by atoms with Crippen LogP contribution in [-0.2, 0) is 16.1 Å². The Labute approximate surface area is 312 Å². The molecule has 0 aliphatic carbocycles. The Hall–Kier alpha value is -3.52. The molecule has 0 spiro atoms. The third kappa shape index (κ3) is 7.39. The van der Waals surface area contributed by atoms with Crippen LogP contribution in [0.1, 0.15) is 42.1 Å². The van der Waals surface area contributed by atoms with E-state index in [1.54, 1.807) is 11.5 Å². The SMILES string of the molecule is CCOC(=O)C1=C(c2ccccc2)N=c2s/c(=C\c3cc(Br)cc(I)c3OCc3ccc(Br)cc3)c(=O)n2[C@@H]1c1ccc(OCC)cc1. The first-order chi connectivity index (χ1) is 23.3. The predicted octanol–water partition coefficient (Wildman–Crippen LogP) is 8.04. The van der Waals surface area contributed by atoms with Gasteiger partial charge in [0, 0.05) is 20.1 Å². The van der Waals surface area contributed by atoms with E-state index in [0.29, 0.717) is 45.3 Å². The third-order valence-corrected chi connectivity index (χ3v) is 10.3. The summed E-state index contributed by atoms with van der Waals surface area (Å²) in [4.78, 5) is 33.7. The van der Waals surface area contributed by atoms with Crippen LogP contribution >= 0.6 is 65.8 Å². The fraction of sp³-hybridized carbons (Fsp3) is 0.162. The van der Waals surface area contributed by atoms with Gasteiger partial charge in [0.15, 0.2) is 4.80 Å². The second-order valence-electron chi connectivity index (χ2n) is 10.7. The Morgan fingerprint density at radius 1 is 0.938 bits per heavy atom. The molecule has 1 aliphatic heterocycles. The highest BCUT2D eigenvalue weighted by atomic mass is 127. The Morgan fingerprint density at radius 3 is 2.35 bits per heavy atom. The monoisotopic (exact) mass is 898 g/mol. The number of esters is 1. The average molecular weight is 900 g/mol. The van der Waals surface area contributed by atoms with Crippen molar-refractivity contribution in [2.24, 2.45) is 4.99 Å². The summed E-state index contributed by atoms with van der Waals surface area (Å²) >= 11 is 10.6. The van der Waals surface area contributed by atoms with Gasteiger partial charge in [-0.1, -0.05) is 97.8 Å². The quantitative estimate of drug-likeness (QED) is 0.105. The number of carbonyl (C=O) groups excluding carboxylic acids is 1. The molecule has 5 aromatic rings. The lowest BCUT2D eigenvalue weighted by atomic mass is 9.93. The van der Waals surface area contributed by atoms with Gasteiger partial charge in [0.25, 0.3) is 5.56 Å². The van der Waals surface area contributed by atoms with Gasteiger partial charge >= 0.3 is 5.97 Å². The van der Waals surface area contributed by atoms with Crippen LogP contribution in [0.4, 0.5) is 0 Å². The summed E-state index contributed by atoms with van der Waals surface area (Å²) in [6.45, 7) is 4.73. The molecule has 0 saturated carbocycles. The van der Waals surface area contributed by atoms with Gasteiger partial charge in [-0.05, 0) is 90.0 Å². The fourth-order valence-electron chi connectivity index (χ4n) is 5.39. The van der Waals surface area contributed by atoms with Gasteiger partial charge in [-0.3, -0.25) is 9.36 Å². The Kier molecular flexibility index (Phi) is 11.0. The van der Waals surface area contributed by atoms with Crippen molar-refractivity contribution in [1.29, 1.82) is 0 Å². The second-order valence-corrected chi connectivity index (χ2v) is 14.7. The minimum atomic E-state index is -0.788. The van der Waals surface area contributed by atoms with Gasteiger partial charge in [0.2, 0.25) is 0 Å². The molecule has 2 heterocycles. The van der Waals surface area contributed by atoms with Crippen LogP contribution in [0.3, 0.4) is 0 Å². The van der Waals surface area contributed by atoms with Crippen molar-refractivity contribution in [3.63, 3.8) is 0 Å². The molecule has 0 bridgehead atoms. The number of halogens is 3. The van der Waals surface area contributed by atoms with Gasteiger partial charge in [-0.15, -0.1) is 0 Å². The highest BCUT2D eigenvalue weighted by Crippen LogP contribution is 2.36. The number of hydrogen-bond donors (Lipinski definition) is 0. The summed E-state index contributed by atoms with van der Waals surface area (Å²) < 4.78 is 22.4. The van der Waals surface area contributed by atoms with E-state index in [2.05, 4.69) is 54.5 Å². The minimum Gasteiger partial charge on any atom is -0.494 e. The highest BCUT2D eigenvalue weighted by Gasteiger charge is 2.35. The highest BCUT2D eigenvalue weighted by molar-refractivity contribution is 14.1. The molecular formula is C37H29Br2IN2O5S. The molecular weight excluding hydrogens is 871 g/mol. The number of carbonyl (C=O) groups is 1. The zero-order valence-corrected chi connectivity index (χ0v) is 32.1. The van der Waals surface area contributed by atoms with Gasteiger partial charge in [-0.25, -0.2) is 9.79 Å². The first-order valence-electron chi connectivity index (χ1n) is 15.1. The summed E-state index contributed by atoms with van der Waals surface area (Å²) in [6, 6.07) is 28.0. The van der Waals surface area contributed by atoms with E-state index in [1.807, 2.05) is 104 Å². The summed E-state index contributed by atoms with van der Waals surface area (Å²) in [5, 5.41) is 0. The van der Waals surface area contributed by atoms with Crippen LogP contribution < -0.4 is 24.4 Å². The van der Waals surface area contributed by atoms with E-state index in [1.165, 1.54) is 11.3 Å². The molecule has 244 valence electrons. The fourth-order valence-corrected chi connectivity index (χ4v) is 8.35. The molecule has 0 saturated heterocycles. The lowest BCUT2D eigenvalue weighted by Gasteiger charge is -2.26. The van der Waals surface area contributed by atoms with Crippen molar-refractivity contribution in [3.8, 4) is 11.5 Å². The lowest BCUT2D eigenvalue weighted by molar-refractivity contribution is -0.138. The topological polar surface area (TPSA) is 79.1 Å². The second kappa shape index (κ2) is 15.4. The van der Waals surface area contributed by atoms with Gasteiger partial charge in [-0.2, -0.15) is 0 Å². The number of nitrogens with zero attached hydrogens (tertiary/aromatic N) is 2. The van der Waals surface area contributed by atoms with E-state index in [0.717, 1.165) is 34.8 Å². The zero-order chi connectivity index (χ0) is 33.8. The molecule has 7 nitrogen and oxygen atoms in total. The average Bonchev–Trinajstić information content (AvgIpc) is 3.39. The van der Waals surface area contributed by atoms with Crippen LogP contribution in [0.2, 0.25) is 0 Å². The number of hydrogen-bond acceptors (Lipinski definition) is 7. The molecule has 0 fully saturated rings. The van der Waals surface area contributed by atoms with Crippen molar-refractivity contribution >= 4 is 83.5 Å². The number of ether oxygens (including phenoxy) is 3. The van der Waals surface area contributed by atoms with Crippen molar-refractivity contribution < 1.29 is 19.0 Å². The van der Waals surface area contributed by atoms with E-state index in [9.17, 15) is 9.59 Å². The first-order valence-corrected chi connectivity index (χ1v) is 18.6. The standard InChI is InChI=1S/C37H29Br2IN2O5S/c1-3-45-28-16-12-24(13-17-28)33-31(36(44)46-4-2)32(23-8-6-5-7-9-23)41-37-42(33)35(43)30(48-37)19-25-18-27(39)20-29(40)34(25)47-21-22-10-14-26(38)15-11-22/h5-20,33H,3-4,21H2,1-2H3/b30-19-/t33-/m1/s1. The van der Waals surface area contributed by atoms with E-state index < -0.39 is 12.0 Å². The molecule has 1 aromatic heterocycles. The minimum absolute atomic E-state index is 0.176. The van der Waals surface area contributed by atoms with Crippen molar-refractivity contribution in [1.82, 2.24) is 4.57 Å². The molecule has 0 radical (unpaired) electrons. The lowest BCUT2D eigenvalue weighted by Crippen LogP contribution is -2.40. The zero-order valence-electron chi connectivity index (χ0n) is 25.9. The third-order valence-electron chi connectivity index (χ3n) is 7.50. The molecule has 6 rings (SSSR count). The summed E-state index contributed by atoms with van der Waals surface area (Å²) in [6.07, 6.45) is 1.83. The molecule has 4 aromatic carbocycles. The number of fused-ring (bicyclic) bond motifs is 1. The largest absolute Gasteiger partial charge is 0.494 e. The van der Waals surface area contributed by atoms with Gasteiger partial charge in [0.1, 0.15) is 18.1 Å². The number of aromatic nitrogens is 1. The normalized spacial score (nSPS) is 14.4. The number of benzene rings is 4. The molecule has 48 heavy (non-hydrogen) atoms. The molecule has 0 N–H and O–H groups in total. The van der Waals surface area contributed by atoms with E-state index >= 15 is 0 Å². The van der Waals surface area contributed by atoms with Gasteiger partial charge < -0.3 is 14.2 Å². The maximum atomic E-state index is 14.5. The van der Waals surface area contributed by atoms with Crippen LogP contribution in [0.25, 0.3) is 11.8 Å². The first kappa shape index (κ1) is 34.3. The Bertz CT molecular complexity index is 2180. The molecule has 1 atom stereocenters. The van der Waals surface area contributed by atoms with Crippen LogP contribution in [-0.4, -0.2) is 23.8 Å². The molecule has 1 aliphatic rings. The molecule has 0 unspecified atom stereocenters. The maximum Gasteiger partial charge on any atom is 0.338 e. The number of rotatable bonds is 10. The molecule has 0 amide bonds. The van der Waals surface area contributed by atoms with E-state index in [4.69, 9.17) is 19.2 Å². The maximum absolute atomic E-state index is 14.5. The Balaban J connectivity index is 1.55. The molecule has 11 heteroatoms. The van der Waals surface area contributed by atoms with Crippen LogP contribution in [0, 0.1) is 3.57 Å². The van der Waals surface area contributed by atoms with Gasteiger partial charge in [0.05, 0.1) is 38.6 Å². The van der Waals surface area contributed by atoms with Crippen LogP contribution in [0.15, 0.2) is 115 Å².